The van der Waals surface area contributed by atoms with Gasteiger partial charge in [0.2, 0.25) is 11.8 Å². The van der Waals surface area contributed by atoms with E-state index in [4.69, 9.17) is 4.42 Å². The Balaban J connectivity index is 1.66. The van der Waals surface area contributed by atoms with Crippen molar-refractivity contribution in [3.8, 4) is 11.5 Å². The molecule has 1 N–H and O–H groups in total. The molecule has 1 aromatic carbocycles. The minimum Gasteiger partial charge on any atom is -0.419 e. The number of hydrogen-bond donors (Lipinski definition) is 1. The van der Waals surface area contributed by atoms with E-state index in [2.05, 4.69) is 38.4 Å². The van der Waals surface area contributed by atoms with Crippen LogP contribution in [0.25, 0.3) is 11.5 Å². The summed E-state index contributed by atoms with van der Waals surface area (Å²) < 4.78 is 6.59. The lowest BCUT2D eigenvalue weighted by Gasteiger charge is -2.21. The van der Waals surface area contributed by atoms with Crippen molar-refractivity contribution in [1.29, 1.82) is 0 Å². The number of amides is 3. The molecule has 1 atom stereocenters. The molecule has 27 heavy (non-hydrogen) atoms. The van der Waals surface area contributed by atoms with Crippen LogP contribution in [0.1, 0.15) is 51.8 Å². The van der Waals surface area contributed by atoms with Crippen LogP contribution in [-0.2, 0) is 11.3 Å². The molecule has 3 amide bonds. The first-order valence-corrected chi connectivity index (χ1v) is 9.94. The maximum atomic E-state index is 12.8. The first kappa shape index (κ1) is 19.5. The Hall–Kier alpha value is -2.22. The number of nitrogens with one attached hydrogen (secondary N) is 1. The van der Waals surface area contributed by atoms with Gasteiger partial charge in [0, 0.05) is 10.0 Å². The van der Waals surface area contributed by atoms with E-state index < -0.39 is 11.6 Å². The van der Waals surface area contributed by atoms with Gasteiger partial charge in [-0.2, -0.15) is 0 Å². The van der Waals surface area contributed by atoms with E-state index in [0.717, 1.165) is 40.6 Å². The average Bonchev–Trinajstić information content (AvgIpc) is 3.19. The van der Waals surface area contributed by atoms with Gasteiger partial charge in [-0.05, 0) is 37.6 Å². The molecule has 1 unspecified atom stereocenters. The number of benzene rings is 1. The molecule has 0 bridgehead atoms. The zero-order valence-corrected chi connectivity index (χ0v) is 17.1. The number of hydrogen-bond acceptors (Lipinski definition) is 5. The van der Waals surface area contributed by atoms with Gasteiger partial charge in [0.15, 0.2) is 0 Å². The highest BCUT2D eigenvalue weighted by atomic mass is 79.9. The van der Waals surface area contributed by atoms with Crippen molar-refractivity contribution in [2.24, 2.45) is 0 Å². The van der Waals surface area contributed by atoms with Gasteiger partial charge in [-0.3, -0.25) is 9.69 Å². The third-order valence-electron chi connectivity index (χ3n) is 4.73. The Morgan fingerprint density at radius 1 is 1.15 bits per heavy atom. The minimum atomic E-state index is -0.862. The van der Waals surface area contributed by atoms with Crippen molar-refractivity contribution >= 4 is 27.9 Å². The van der Waals surface area contributed by atoms with Gasteiger partial charge in [-0.15, -0.1) is 10.2 Å². The minimum absolute atomic E-state index is 0.0290. The molecule has 1 fully saturated rings. The average molecular weight is 435 g/mol. The molecule has 0 aliphatic carbocycles. The zero-order chi connectivity index (χ0) is 19.4. The molecule has 0 radical (unpaired) electrons. The Bertz CT molecular complexity index is 821. The number of aromatic nitrogens is 2. The van der Waals surface area contributed by atoms with Gasteiger partial charge >= 0.3 is 6.03 Å². The molecular weight excluding hydrogens is 412 g/mol. The van der Waals surface area contributed by atoms with Crippen molar-refractivity contribution in [2.75, 3.05) is 0 Å². The molecule has 1 aliphatic rings. The van der Waals surface area contributed by atoms with Crippen LogP contribution < -0.4 is 5.32 Å². The number of nitrogens with zero attached hydrogens (tertiary/aromatic N) is 3. The van der Waals surface area contributed by atoms with Crippen LogP contribution in [0, 0.1) is 0 Å². The molecule has 0 spiro atoms. The Morgan fingerprint density at radius 2 is 1.89 bits per heavy atom. The third kappa shape index (κ3) is 4.37. The molecule has 1 aromatic heterocycles. The molecule has 144 valence electrons. The number of imide groups is 1. The maximum absolute atomic E-state index is 12.8. The summed E-state index contributed by atoms with van der Waals surface area (Å²) >= 11 is 3.38. The van der Waals surface area contributed by atoms with E-state index >= 15 is 0 Å². The number of halogens is 1. The van der Waals surface area contributed by atoms with E-state index in [9.17, 15) is 9.59 Å². The summed E-state index contributed by atoms with van der Waals surface area (Å²) in [5.74, 6) is 0.339. The Labute approximate surface area is 166 Å². The van der Waals surface area contributed by atoms with Crippen molar-refractivity contribution in [2.45, 2.75) is 58.0 Å². The van der Waals surface area contributed by atoms with E-state index in [0.29, 0.717) is 12.3 Å². The summed E-state index contributed by atoms with van der Waals surface area (Å²) in [5.41, 5.74) is -0.0887. The molecular formula is C19H23BrN4O3. The lowest BCUT2D eigenvalue weighted by atomic mass is 9.94. The highest BCUT2D eigenvalue weighted by molar-refractivity contribution is 9.10. The SMILES string of the molecule is CCCCCCC1(C)NC(=O)N(Cc2nnc(-c3ccc(Br)cc3)o2)C1=O. The van der Waals surface area contributed by atoms with Crippen molar-refractivity contribution < 1.29 is 14.0 Å². The summed E-state index contributed by atoms with van der Waals surface area (Å²) in [5, 5.41) is 10.8. The fraction of sp³-hybridized carbons (Fsp3) is 0.474. The fourth-order valence-corrected chi connectivity index (χ4v) is 3.39. The Kier molecular flexibility index (Phi) is 5.94. The number of rotatable bonds is 8. The van der Waals surface area contributed by atoms with Crippen molar-refractivity contribution in [3.63, 3.8) is 0 Å². The van der Waals surface area contributed by atoms with Gasteiger partial charge in [0.05, 0.1) is 0 Å². The predicted octanol–water partition coefficient (Wildman–Crippen LogP) is 4.28. The number of carbonyl (C=O) groups is 2. The molecule has 1 aliphatic heterocycles. The second-order valence-electron chi connectivity index (χ2n) is 6.97. The lowest BCUT2D eigenvalue weighted by molar-refractivity contribution is -0.131. The topological polar surface area (TPSA) is 88.3 Å². The molecule has 7 nitrogen and oxygen atoms in total. The number of urea groups is 1. The standard InChI is InChI=1S/C19H23BrN4O3/c1-3-4-5-6-11-19(2)17(25)24(18(26)21-19)12-15-22-23-16(27-15)13-7-9-14(20)10-8-13/h7-10H,3-6,11-12H2,1-2H3,(H,21,26). The van der Waals surface area contributed by atoms with Crippen LogP contribution in [0.15, 0.2) is 33.2 Å². The van der Waals surface area contributed by atoms with Crippen LogP contribution in [0.2, 0.25) is 0 Å². The predicted molar refractivity (Wildman–Crippen MR) is 104 cm³/mol. The molecule has 3 rings (SSSR count). The monoisotopic (exact) mass is 434 g/mol. The number of unbranched alkanes of at least 4 members (excludes halogenated alkanes) is 3. The normalized spacial score (nSPS) is 19.6. The van der Waals surface area contributed by atoms with E-state index in [-0.39, 0.29) is 18.3 Å². The van der Waals surface area contributed by atoms with Crippen molar-refractivity contribution in [3.05, 3.63) is 34.6 Å². The molecule has 2 heterocycles. The van der Waals surface area contributed by atoms with Gasteiger partial charge in [-0.25, -0.2) is 4.79 Å². The largest absolute Gasteiger partial charge is 0.419 e. The van der Waals surface area contributed by atoms with Gasteiger partial charge in [0.1, 0.15) is 12.1 Å². The van der Waals surface area contributed by atoms with Crippen LogP contribution in [0.3, 0.4) is 0 Å². The highest BCUT2D eigenvalue weighted by Crippen LogP contribution is 2.26. The summed E-state index contributed by atoms with van der Waals surface area (Å²) in [6, 6.07) is 7.04. The molecule has 2 aromatic rings. The van der Waals surface area contributed by atoms with Crippen LogP contribution in [0.4, 0.5) is 4.79 Å². The fourth-order valence-electron chi connectivity index (χ4n) is 3.13. The van der Waals surface area contributed by atoms with Crippen LogP contribution >= 0.6 is 15.9 Å². The van der Waals surface area contributed by atoms with Crippen molar-refractivity contribution in [1.82, 2.24) is 20.4 Å². The number of carbonyl (C=O) groups excluding carboxylic acids is 2. The zero-order valence-electron chi connectivity index (χ0n) is 15.5. The highest BCUT2D eigenvalue weighted by Gasteiger charge is 2.47. The lowest BCUT2D eigenvalue weighted by Crippen LogP contribution is -2.43. The first-order valence-electron chi connectivity index (χ1n) is 9.15. The summed E-state index contributed by atoms with van der Waals surface area (Å²) in [4.78, 5) is 26.2. The molecule has 0 saturated carbocycles. The quantitative estimate of drug-likeness (QED) is 0.494. The second-order valence-corrected chi connectivity index (χ2v) is 7.89. The van der Waals surface area contributed by atoms with E-state index in [1.54, 1.807) is 6.92 Å². The van der Waals surface area contributed by atoms with Gasteiger partial charge in [-0.1, -0.05) is 48.5 Å². The third-order valence-corrected chi connectivity index (χ3v) is 5.26. The summed E-state index contributed by atoms with van der Waals surface area (Å²) in [6.07, 6.45) is 4.83. The summed E-state index contributed by atoms with van der Waals surface area (Å²) in [7, 11) is 0. The maximum Gasteiger partial charge on any atom is 0.325 e. The van der Waals surface area contributed by atoms with Crippen LogP contribution in [0.5, 0.6) is 0 Å². The molecule has 8 heteroatoms. The van der Waals surface area contributed by atoms with Gasteiger partial charge in [0.25, 0.3) is 5.91 Å². The second kappa shape index (κ2) is 8.21. The van der Waals surface area contributed by atoms with E-state index in [1.165, 1.54) is 0 Å². The van der Waals surface area contributed by atoms with Gasteiger partial charge < -0.3 is 9.73 Å². The molecule has 1 saturated heterocycles. The Morgan fingerprint density at radius 3 is 2.59 bits per heavy atom. The first-order chi connectivity index (χ1) is 12.9. The summed E-state index contributed by atoms with van der Waals surface area (Å²) in [6.45, 7) is 3.89. The smallest absolute Gasteiger partial charge is 0.325 e. The van der Waals surface area contributed by atoms with Crippen LogP contribution in [-0.4, -0.2) is 32.6 Å². The van der Waals surface area contributed by atoms with E-state index in [1.807, 2.05) is 24.3 Å².